The number of hydrogen-bond acceptors (Lipinski definition) is 6. The summed E-state index contributed by atoms with van der Waals surface area (Å²) in [5, 5.41) is 11.4. The van der Waals surface area contributed by atoms with E-state index in [1.54, 1.807) is 24.3 Å². The second kappa shape index (κ2) is 9.69. The summed E-state index contributed by atoms with van der Waals surface area (Å²) in [6.07, 6.45) is 3.42. The first kappa shape index (κ1) is 26.7. The number of rotatable bonds is 4. The molecule has 0 radical (unpaired) electrons. The third-order valence-electron chi connectivity index (χ3n) is 9.38. The Morgan fingerprint density at radius 1 is 0.907 bits per heavy atom. The van der Waals surface area contributed by atoms with Crippen LogP contribution in [0.15, 0.2) is 106 Å². The molecule has 0 unspecified atom stereocenters. The van der Waals surface area contributed by atoms with Gasteiger partial charge in [0, 0.05) is 30.0 Å². The zero-order valence-corrected chi connectivity index (χ0v) is 23.6. The Morgan fingerprint density at radius 3 is 2.30 bits per heavy atom. The van der Waals surface area contributed by atoms with Crippen molar-refractivity contribution in [1.82, 2.24) is 13.9 Å². The topological polar surface area (TPSA) is 113 Å². The van der Waals surface area contributed by atoms with E-state index in [2.05, 4.69) is 0 Å². The van der Waals surface area contributed by atoms with Crippen molar-refractivity contribution in [2.75, 3.05) is 7.11 Å². The number of carbonyl (C=O) groups is 2. The molecule has 1 N–H and O–H groups in total. The average Bonchev–Trinajstić information content (AvgIpc) is 3.26. The molecule has 0 amide bonds. The zero-order valence-electron chi connectivity index (χ0n) is 23.6. The van der Waals surface area contributed by atoms with Crippen LogP contribution in [-0.4, -0.2) is 37.7 Å². The van der Waals surface area contributed by atoms with Crippen molar-refractivity contribution in [3.8, 4) is 11.5 Å². The number of carbonyl (C=O) groups excluding carboxylic acids is 2. The van der Waals surface area contributed by atoms with Gasteiger partial charge in [-0.25, -0.2) is 23.5 Å². The molecule has 7 rings (SSSR count). The molecule has 9 heteroatoms. The average molecular weight is 576 g/mol. The first-order valence-electron chi connectivity index (χ1n) is 14.2. The Morgan fingerprint density at radius 2 is 1.60 bits per heavy atom. The number of phenols is 1. The summed E-state index contributed by atoms with van der Waals surface area (Å²) in [4.78, 5) is 56.1. The Bertz CT molecular complexity index is 1980. The van der Waals surface area contributed by atoms with Crippen LogP contribution in [0.3, 0.4) is 0 Å². The minimum Gasteiger partial charge on any atom is -0.508 e. The van der Waals surface area contributed by atoms with Gasteiger partial charge in [-0.05, 0) is 47.4 Å². The normalized spacial score (nSPS) is 24.4. The summed E-state index contributed by atoms with van der Waals surface area (Å²) in [7, 11) is 2.94. The number of nitrogens with zero attached hydrogens (tertiary/aromatic N) is 3. The zero-order chi connectivity index (χ0) is 30.0. The van der Waals surface area contributed by atoms with Crippen molar-refractivity contribution in [3.63, 3.8) is 0 Å². The Kier molecular flexibility index (Phi) is 6.02. The smallest absolute Gasteiger partial charge is 0.347 e. The number of hydrogen-bond donors (Lipinski definition) is 1. The number of methoxy groups -OCH3 is 1. The molecule has 3 aromatic carbocycles. The molecule has 3 aliphatic rings. The Balaban J connectivity index is 1.58. The van der Waals surface area contributed by atoms with Crippen molar-refractivity contribution >= 4 is 17.1 Å². The fraction of sp³-hybridized carbons (Fsp3) is 0.235. The summed E-state index contributed by atoms with van der Waals surface area (Å²) in [6, 6.07) is 22.4. The maximum atomic E-state index is 14.9. The highest BCUT2D eigenvalue weighted by Gasteiger charge is 2.63. The highest BCUT2D eigenvalue weighted by molar-refractivity contribution is 6.31. The molecule has 0 bridgehead atoms. The van der Waals surface area contributed by atoms with Crippen LogP contribution in [0.25, 0.3) is 5.57 Å². The fourth-order valence-electron chi connectivity index (χ4n) is 7.48. The van der Waals surface area contributed by atoms with Crippen LogP contribution in [-0.2, 0) is 28.6 Å². The van der Waals surface area contributed by atoms with Gasteiger partial charge in [0.05, 0.1) is 25.1 Å². The van der Waals surface area contributed by atoms with E-state index in [-0.39, 0.29) is 30.3 Å². The maximum absolute atomic E-state index is 14.9. The van der Waals surface area contributed by atoms with Crippen LogP contribution >= 0.6 is 0 Å². The molecule has 4 atom stereocenters. The molecule has 1 saturated carbocycles. The van der Waals surface area contributed by atoms with Gasteiger partial charge in [-0.1, -0.05) is 66.7 Å². The van der Waals surface area contributed by atoms with E-state index in [4.69, 9.17) is 4.74 Å². The molecular formula is C34H29N3O6. The van der Waals surface area contributed by atoms with Crippen LogP contribution in [0, 0.1) is 5.92 Å². The number of ether oxygens (including phenoxy) is 1. The second-order valence-corrected chi connectivity index (χ2v) is 11.3. The molecule has 2 aliphatic carbocycles. The predicted octanol–water partition coefficient (Wildman–Crippen LogP) is 3.52. The molecule has 4 aromatic rings. The van der Waals surface area contributed by atoms with Gasteiger partial charge < -0.3 is 9.84 Å². The summed E-state index contributed by atoms with van der Waals surface area (Å²) >= 11 is 0. The second-order valence-electron chi connectivity index (χ2n) is 11.3. The lowest BCUT2D eigenvalue weighted by molar-refractivity contribution is -0.133. The van der Waals surface area contributed by atoms with E-state index in [0.717, 1.165) is 4.57 Å². The van der Waals surface area contributed by atoms with Crippen LogP contribution in [0.5, 0.6) is 11.5 Å². The molecule has 0 saturated heterocycles. The Hall–Kier alpha value is -5.18. The molecule has 1 fully saturated rings. The fourth-order valence-corrected chi connectivity index (χ4v) is 7.48. The number of aromatic hydroxyl groups is 1. The molecule has 0 spiro atoms. The quantitative estimate of drug-likeness (QED) is 0.373. The van der Waals surface area contributed by atoms with Crippen molar-refractivity contribution in [2.24, 2.45) is 13.0 Å². The van der Waals surface area contributed by atoms with Crippen LogP contribution in [0.1, 0.15) is 35.1 Å². The lowest BCUT2D eigenvalue weighted by Crippen LogP contribution is -2.58. The highest BCUT2D eigenvalue weighted by Crippen LogP contribution is 2.62. The number of phenolic OH excluding ortho intramolecular Hbond substituents is 1. The lowest BCUT2D eigenvalue weighted by atomic mass is 9.47. The molecule has 1 aromatic heterocycles. The molecule has 9 nitrogen and oxygen atoms in total. The van der Waals surface area contributed by atoms with Gasteiger partial charge in [-0.3, -0.25) is 9.59 Å². The molecule has 43 heavy (non-hydrogen) atoms. The van der Waals surface area contributed by atoms with Crippen molar-refractivity contribution in [3.05, 3.63) is 134 Å². The summed E-state index contributed by atoms with van der Waals surface area (Å²) in [5.41, 5.74) is 0.252. The summed E-state index contributed by atoms with van der Waals surface area (Å²) < 4.78 is 9.37. The largest absolute Gasteiger partial charge is 0.508 e. The van der Waals surface area contributed by atoms with Gasteiger partial charge in [0.15, 0.2) is 11.6 Å². The van der Waals surface area contributed by atoms with Crippen molar-refractivity contribution in [2.45, 2.75) is 30.3 Å². The third-order valence-corrected chi connectivity index (χ3v) is 9.38. The van der Waals surface area contributed by atoms with E-state index in [1.165, 1.54) is 35.7 Å². The molecule has 216 valence electrons. The van der Waals surface area contributed by atoms with Crippen LogP contribution < -0.4 is 16.1 Å². The van der Waals surface area contributed by atoms with E-state index < -0.39 is 34.7 Å². The van der Waals surface area contributed by atoms with Crippen LogP contribution in [0.4, 0.5) is 0 Å². The van der Waals surface area contributed by atoms with E-state index >= 15 is 0 Å². The van der Waals surface area contributed by atoms with Crippen molar-refractivity contribution < 1.29 is 19.4 Å². The van der Waals surface area contributed by atoms with E-state index in [9.17, 15) is 24.3 Å². The first-order valence-corrected chi connectivity index (χ1v) is 14.2. The maximum Gasteiger partial charge on any atom is 0.347 e. The predicted molar refractivity (Wildman–Crippen MR) is 159 cm³/mol. The van der Waals surface area contributed by atoms with Gasteiger partial charge in [0.1, 0.15) is 11.5 Å². The number of ketones is 2. The summed E-state index contributed by atoms with van der Waals surface area (Å²) in [6.45, 7) is 0.102. The van der Waals surface area contributed by atoms with Gasteiger partial charge in [-0.15, -0.1) is 0 Å². The third kappa shape index (κ3) is 3.64. The van der Waals surface area contributed by atoms with E-state index in [0.29, 0.717) is 33.6 Å². The van der Waals surface area contributed by atoms with Crippen LogP contribution in [0.2, 0.25) is 0 Å². The minimum absolute atomic E-state index is 0.0668. The van der Waals surface area contributed by atoms with Gasteiger partial charge >= 0.3 is 11.4 Å². The number of fused-ring (bicyclic) bond motifs is 4. The van der Waals surface area contributed by atoms with E-state index in [1.807, 2.05) is 54.6 Å². The number of benzene rings is 3. The molecule has 2 heterocycles. The first-order chi connectivity index (χ1) is 20.8. The minimum atomic E-state index is -1.44. The number of aromatic nitrogens is 3. The Labute approximate surface area is 246 Å². The number of Topliss-reactive ketones (excluding diaryl/α,β-unsaturated/α-hetero) is 1. The van der Waals surface area contributed by atoms with Gasteiger partial charge in [0.2, 0.25) is 0 Å². The van der Waals surface area contributed by atoms with Gasteiger partial charge in [0.25, 0.3) is 0 Å². The standard InChI is InChI=1S/C34H29N3O6/c1-35-32(41)36-16-15-23-27(37(36)33(35)42)19-26-31(40)24(20-9-5-3-6-10-20)18-29(39)34(26,21-11-7-4-8-12-21)30(23)25-17-22(43-2)13-14-28(25)38/h3-15,17-18,26-27,30,38H,16,19H2,1-2H3/t26-,27+,30+,34-/m0/s1. The molecule has 1 aliphatic heterocycles. The molecular weight excluding hydrogens is 546 g/mol. The SMILES string of the molecule is COc1ccc(O)c([C@H]2C3=CCn4c(=O)n(C)c(=O)n4[C@@H]3C[C@H]3C(=O)C(c4ccccc4)=CC(=O)[C@@]23c2ccccc2)c1. The van der Waals surface area contributed by atoms with Gasteiger partial charge in [-0.2, -0.15) is 0 Å². The highest BCUT2D eigenvalue weighted by atomic mass is 16.5. The van der Waals surface area contributed by atoms with Crippen molar-refractivity contribution in [1.29, 1.82) is 0 Å². The lowest BCUT2D eigenvalue weighted by Gasteiger charge is -2.54. The monoisotopic (exact) mass is 575 g/mol. The summed E-state index contributed by atoms with van der Waals surface area (Å²) in [5.74, 6) is -1.87. The number of allylic oxidation sites excluding steroid dienone is 4.